The molecule has 0 rings (SSSR count). The highest BCUT2D eigenvalue weighted by Crippen LogP contribution is 2.11. The third kappa shape index (κ3) is 5330. The fourth-order valence-electron chi connectivity index (χ4n) is 0. The van der Waals surface area contributed by atoms with Crippen LogP contribution in [0.3, 0.4) is 0 Å². The van der Waals surface area contributed by atoms with E-state index in [1.54, 1.807) is 0 Å². The Morgan fingerprint density at radius 3 is 0.625 bits per heavy atom. The van der Waals surface area contributed by atoms with Gasteiger partial charge < -0.3 is 49.1 Å². The number of hydrogen-bond acceptors (Lipinski definition) is 6. The maximum Gasteiger partial charge on any atom is 0.324 e. The number of hydrogen-bond donors (Lipinski definition) is 9. The van der Waals surface area contributed by atoms with Crippen molar-refractivity contribution in [3.8, 4) is 0 Å². The van der Waals surface area contributed by atoms with Crippen LogP contribution in [0.1, 0.15) is 0 Å². The normalized spacial score (nSPS) is 6.75. The van der Waals surface area contributed by atoms with Gasteiger partial charge in [0.2, 0.25) is 0 Å². The highest BCUT2D eigenvalue weighted by molar-refractivity contribution is 7.80. The van der Waals surface area contributed by atoms with Crippen LogP contribution >= 0.6 is 45.3 Å². The molecular weight excluding hydrogens is 295 g/mol. The van der Waals surface area contributed by atoms with Gasteiger partial charge in [-0.2, -0.15) is 0 Å². The fraction of sp³-hybridized carbons (Fsp3) is 0. The summed E-state index contributed by atoms with van der Waals surface area (Å²) in [4.78, 5) is 21.7. The van der Waals surface area contributed by atoms with Crippen molar-refractivity contribution in [2.45, 2.75) is 0 Å². The summed E-state index contributed by atoms with van der Waals surface area (Å²) >= 11 is 12.3. The molecular formula is C3H15N6O3PS3. The average Bonchev–Trinajstić information content (AvgIpc) is 1.76. The summed E-state index contributed by atoms with van der Waals surface area (Å²) in [6.45, 7) is 0. The summed E-state index contributed by atoms with van der Waals surface area (Å²) in [6, 6.07) is 0. The van der Waals surface area contributed by atoms with Gasteiger partial charge in [0.25, 0.3) is 0 Å². The Morgan fingerprint density at radius 2 is 0.625 bits per heavy atom. The van der Waals surface area contributed by atoms with Crippen molar-refractivity contribution in [2.75, 3.05) is 0 Å². The van der Waals surface area contributed by atoms with E-state index in [-0.39, 0.29) is 15.3 Å². The van der Waals surface area contributed by atoms with Gasteiger partial charge >= 0.3 is 8.60 Å². The highest BCUT2D eigenvalue weighted by atomic mass is 32.1. The van der Waals surface area contributed by atoms with E-state index in [0.717, 1.165) is 0 Å². The Hall–Kier alpha value is -0.620. The predicted octanol–water partition coefficient (Wildman–Crippen LogP) is -3.24. The third-order valence-corrected chi connectivity index (χ3v) is 0. The molecule has 15 N–H and O–H groups in total. The molecule has 0 spiro atoms. The molecule has 0 atom stereocenters. The topological polar surface area (TPSA) is 217 Å². The minimum absolute atomic E-state index is 0.000000000000000222. The Bertz CT molecular complexity index is 161. The van der Waals surface area contributed by atoms with Crippen LogP contribution < -0.4 is 34.4 Å². The molecule has 0 aliphatic heterocycles. The van der Waals surface area contributed by atoms with Crippen LogP contribution in [0.25, 0.3) is 0 Å². The predicted molar refractivity (Wildman–Crippen MR) is 76.5 cm³/mol. The fourth-order valence-corrected chi connectivity index (χ4v) is 0. The molecule has 98 valence electrons. The monoisotopic (exact) mass is 310 g/mol. The van der Waals surface area contributed by atoms with Gasteiger partial charge in [-0.1, -0.05) is 0 Å². The van der Waals surface area contributed by atoms with Crippen molar-refractivity contribution < 1.29 is 14.7 Å². The molecule has 0 aliphatic carbocycles. The Labute approximate surface area is 110 Å². The lowest BCUT2D eigenvalue weighted by molar-refractivity contribution is 0.368. The van der Waals surface area contributed by atoms with Gasteiger partial charge in [0.1, 0.15) is 0 Å². The first kappa shape index (κ1) is 24.6. The molecule has 0 saturated carbocycles. The van der Waals surface area contributed by atoms with E-state index in [1.165, 1.54) is 0 Å². The van der Waals surface area contributed by atoms with Crippen molar-refractivity contribution in [1.29, 1.82) is 0 Å². The second-order valence-corrected chi connectivity index (χ2v) is 3.43. The van der Waals surface area contributed by atoms with Crippen LogP contribution in [0.4, 0.5) is 0 Å². The number of thiocarbonyl (C=S) groups is 3. The molecule has 0 unspecified atom stereocenters. The quantitative estimate of drug-likeness (QED) is 0.159. The smallest absolute Gasteiger partial charge is 0.324 e. The van der Waals surface area contributed by atoms with Crippen LogP contribution in [0.15, 0.2) is 0 Å². The minimum atomic E-state index is -2.62. The second-order valence-electron chi connectivity index (χ2n) is 1.48. The van der Waals surface area contributed by atoms with E-state index < -0.39 is 8.60 Å². The lowest BCUT2D eigenvalue weighted by Crippen LogP contribution is -2.18. The molecule has 0 amide bonds. The van der Waals surface area contributed by atoms with Crippen molar-refractivity contribution in [3.05, 3.63) is 0 Å². The molecule has 16 heavy (non-hydrogen) atoms. The summed E-state index contributed by atoms with van der Waals surface area (Å²) in [5.41, 5.74) is 27.7. The summed E-state index contributed by atoms with van der Waals surface area (Å²) < 4.78 is 0. The van der Waals surface area contributed by atoms with E-state index in [0.29, 0.717) is 0 Å². The van der Waals surface area contributed by atoms with Crippen LogP contribution in [0.5, 0.6) is 0 Å². The van der Waals surface area contributed by atoms with Crippen LogP contribution in [0, 0.1) is 0 Å². The van der Waals surface area contributed by atoms with E-state index >= 15 is 0 Å². The Balaban J connectivity index is -0.0000000600. The number of nitrogens with two attached hydrogens (primary N) is 6. The van der Waals surface area contributed by atoms with Gasteiger partial charge in [-0.15, -0.1) is 0 Å². The van der Waals surface area contributed by atoms with Crippen molar-refractivity contribution >= 4 is 60.6 Å². The molecule has 0 aromatic rings. The molecule has 0 heterocycles. The molecule has 0 fully saturated rings. The van der Waals surface area contributed by atoms with Gasteiger partial charge in [-0.25, -0.2) is 0 Å². The maximum atomic E-state index is 7.23. The largest absolute Gasteiger partial charge is 0.377 e. The van der Waals surface area contributed by atoms with Crippen LogP contribution in [-0.2, 0) is 0 Å². The van der Waals surface area contributed by atoms with Gasteiger partial charge in [0.15, 0.2) is 15.3 Å². The molecule has 9 nitrogen and oxygen atoms in total. The van der Waals surface area contributed by atoms with Crippen molar-refractivity contribution in [2.24, 2.45) is 34.4 Å². The molecule has 0 bridgehead atoms. The van der Waals surface area contributed by atoms with E-state index in [2.05, 4.69) is 71.1 Å². The van der Waals surface area contributed by atoms with Gasteiger partial charge in [-0.05, 0) is 36.7 Å². The van der Waals surface area contributed by atoms with Crippen LogP contribution in [-0.4, -0.2) is 30.0 Å². The molecule has 13 heteroatoms. The lowest BCUT2D eigenvalue weighted by atomic mass is 11.3. The SMILES string of the molecule is NC(N)=S.NC(N)=S.NC(N)=S.OP(O)O. The molecule has 0 aromatic heterocycles. The zero-order valence-corrected chi connectivity index (χ0v) is 11.3. The third-order valence-electron chi connectivity index (χ3n) is 0. The molecule has 0 radical (unpaired) electrons. The van der Waals surface area contributed by atoms with E-state index in [9.17, 15) is 0 Å². The molecule has 0 aliphatic rings. The first-order valence-corrected chi connectivity index (χ1v) is 5.37. The highest BCUT2D eigenvalue weighted by Gasteiger charge is 1.76. The summed E-state index contributed by atoms with van der Waals surface area (Å²) in [5, 5.41) is 0.000000000000000666. The summed E-state index contributed by atoms with van der Waals surface area (Å²) in [7, 11) is -2.62. The van der Waals surface area contributed by atoms with Gasteiger partial charge in [-0.3, -0.25) is 0 Å². The Kier molecular flexibility index (Phi) is 30.5. The van der Waals surface area contributed by atoms with Crippen molar-refractivity contribution in [3.63, 3.8) is 0 Å². The maximum absolute atomic E-state index is 7.23. The van der Waals surface area contributed by atoms with Crippen molar-refractivity contribution in [1.82, 2.24) is 0 Å². The van der Waals surface area contributed by atoms with Gasteiger partial charge in [0.05, 0.1) is 0 Å². The minimum Gasteiger partial charge on any atom is -0.377 e. The first-order chi connectivity index (χ1) is 6.93. The zero-order valence-electron chi connectivity index (χ0n) is 7.98. The average molecular weight is 310 g/mol. The number of rotatable bonds is 0. The Morgan fingerprint density at radius 1 is 0.625 bits per heavy atom. The second kappa shape index (κ2) is 19.9. The first-order valence-electron chi connectivity index (χ1n) is 2.94. The standard InChI is InChI=1S/3CH4N2S.H3O3P/c3*2-1(3)4;1-4(2)3/h3*(H4,2,3,4);1-3H. The molecule has 0 aromatic carbocycles. The van der Waals surface area contributed by atoms with Crippen LogP contribution in [0.2, 0.25) is 0 Å². The van der Waals surface area contributed by atoms with E-state index in [4.69, 9.17) is 14.7 Å². The summed E-state index contributed by atoms with van der Waals surface area (Å²) in [5.74, 6) is 0. The van der Waals surface area contributed by atoms with Gasteiger partial charge in [0, 0.05) is 0 Å². The van der Waals surface area contributed by atoms with E-state index in [1.807, 2.05) is 0 Å². The summed E-state index contributed by atoms with van der Waals surface area (Å²) in [6.07, 6.45) is 0. The lowest BCUT2D eigenvalue weighted by Gasteiger charge is -1.76. The molecule has 0 saturated heterocycles. The zero-order chi connectivity index (χ0) is 14.3.